The molecule has 0 unspecified atom stereocenters. The predicted octanol–water partition coefficient (Wildman–Crippen LogP) is 1.95. The molecule has 0 aliphatic carbocycles. The Bertz CT molecular complexity index is 386. The minimum Gasteiger partial charge on any atom is -0.237 e. The Hall–Kier alpha value is -1.86. The molecule has 1 aliphatic rings. The fourth-order valence-corrected chi connectivity index (χ4v) is 1.11. The summed E-state index contributed by atoms with van der Waals surface area (Å²) in [5, 5.41) is 5.83. The Morgan fingerprint density at radius 1 is 1.38 bits per heavy atom. The van der Waals surface area contributed by atoms with Crippen molar-refractivity contribution in [2.45, 2.75) is 6.92 Å². The zero-order valence-electron chi connectivity index (χ0n) is 7.31. The third kappa shape index (κ3) is 1.50. The maximum absolute atomic E-state index is 4.19. The number of allylic oxidation sites excluding steroid dienone is 3. The quantitative estimate of drug-likeness (QED) is 0.646. The van der Waals surface area contributed by atoms with E-state index in [0.717, 1.165) is 11.5 Å². The van der Waals surface area contributed by atoms with Crippen LogP contribution in [0.1, 0.15) is 6.92 Å². The first kappa shape index (κ1) is 7.77. The first-order valence-corrected chi connectivity index (χ1v) is 4.05. The molecule has 3 heteroatoms. The second-order valence-electron chi connectivity index (χ2n) is 2.70. The van der Waals surface area contributed by atoms with Gasteiger partial charge in [0.2, 0.25) is 0 Å². The summed E-state index contributed by atoms with van der Waals surface area (Å²) in [6, 6.07) is 5.73. The van der Waals surface area contributed by atoms with Crippen LogP contribution in [0, 0.1) is 0 Å². The van der Waals surface area contributed by atoms with Crippen LogP contribution in [0.15, 0.2) is 47.3 Å². The molecule has 2 rings (SSSR count). The fourth-order valence-electron chi connectivity index (χ4n) is 1.11. The lowest BCUT2D eigenvalue weighted by molar-refractivity contribution is 0.963. The number of nitrogens with zero attached hydrogens (tertiary/aromatic N) is 3. The maximum atomic E-state index is 4.19. The molecule has 0 fully saturated rings. The van der Waals surface area contributed by atoms with Crippen LogP contribution in [0.5, 0.6) is 0 Å². The van der Waals surface area contributed by atoms with Crippen LogP contribution in [-0.2, 0) is 0 Å². The molecule has 13 heavy (non-hydrogen) atoms. The Morgan fingerprint density at radius 3 is 3.00 bits per heavy atom. The van der Waals surface area contributed by atoms with Crippen molar-refractivity contribution in [1.29, 1.82) is 0 Å². The number of rotatable bonds is 1. The molecule has 0 bridgehead atoms. The van der Waals surface area contributed by atoms with Gasteiger partial charge in [0.05, 0.1) is 0 Å². The lowest BCUT2D eigenvalue weighted by Crippen LogP contribution is -2.15. The van der Waals surface area contributed by atoms with Crippen molar-refractivity contribution in [3.05, 3.63) is 42.2 Å². The first-order valence-electron chi connectivity index (χ1n) is 4.05. The van der Waals surface area contributed by atoms with Crippen molar-refractivity contribution in [2.24, 2.45) is 5.10 Å². The lowest BCUT2D eigenvalue weighted by atomic mass is 10.3. The van der Waals surface area contributed by atoms with E-state index < -0.39 is 0 Å². The second-order valence-corrected chi connectivity index (χ2v) is 2.70. The van der Waals surface area contributed by atoms with E-state index in [1.165, 1.54) is 0 Å². The van der Waals surface area contributed by atoms with Crippen molar-refractivity contribution in [3.63, 3.8) is 0 Å². The van der Waals surface area contributed by atoms with E-state index in [1.807, 2.05) is 31.2 Å². The van der Waals surface area contributed by atoms with Gasteiger partial charge in [-0.3, -0.25) is 0 Å². The monoisotopic (exact) mass is 171 g/mol. The van der Waals surface area contributed by atoms with Gasteiger partial charge in [0, 0.05) is 23.8 Å². The molecule has 0 saturated carbocycles. The van der Waals surface area contributed by atoms with Gasteiger partial charge in [-0.15, -0.1) is 5.10 Å². The zero-order chi connectivity index (χ0) is 9.10. The standard InChI is InChI=1S/C10H9N3/c1-9-5-4-8-12-13(9)10-6-2-3-7-11-10/h2-7H,1H3. The molecular formula is C10H9N3. The van der Waals surface area contributed by atoms with Gasteiger partial charge in [0.1, 0.15) is 0 Å². The molecule has 0 spiro atoms. The molecule has 1 aliphatic heterocycles. The number of aromatic nitrogens is 1. The highest BCUT2D eigenvalue weighted by molar-refractivity contribution is 5.62. The molecule has 0 saturated heterocycles. The Balaban J connectivity index is 2.38. The van der Waals surface area contributed by atoms with E-state index in [-0.39, 0.29) is 0 Å². The summed E-state index contributed by atoms with van der Waals surface area (Å²) in [7, 11) is 0. The van der Waals surface area contributed by atoms with Crippen LogP contribution < -0.4 is 5.01 Å². The molecule has 0 N–H and O–H groups in total. The summed E-state index contributed by atoms with van der Waals surface area (Å²) in [5.41, 5.74) is 1.04. The average molecular weight is 171 g/mol. The van der Waals surface area contributed by atoms with Crippen LogP contribution in [0.25, 0.3) is 0 Å². The number of anilines is 1. The van der Waals surface area contributed by atoms with E-state index in [0.29, 0.717) is 0 Å². The van der Waals surface area contributed by atoms with Gasteiger partial charge in [0.25, 0.3) is 0 Å². The van der Waals surface area contributed by atoms with Gasteiger partial charge in [0.15, 0.2) is 5.82 Å². The summed E-state index contributed by atoms with van der Waals surface area (Å²) >= 11 is 0. The molecule has 3 nitrogen and oxygen atoms in total. The summed E-state index contributed by atoms with van der Waals surface area (Å²) in [6.45, 7) is 1.98. The minimum absolute atomic E-state index is 0.817. The van der Waals surface area contributed by atoms with Gasteiger partial charge in [-0.05, 0) is 25.1 Å². The molecular weight excluding hydrogens is 162 g/mol. The van der Waals surface area contributed by atoms with Crippen LogP contribution in [0.2, 0.25) is 0 Å². The number of pyridine rings is 1. The van der Waals surface area contributed by atoms with E-state index in [4.69, 9.17) is 0 Å². The van der Waals surface area contributed by atoms with Gasteiger partial charge in [-0.2, -0.15) is 0 Å². The lowest BCUT2D eigenvalue weighted by Gasteiger charge is -2.17. The molecule has 1 aromatic heterocycles. The predicted molar refractivity (Wildman–Crippen MR) is 52.5 cm³/mol. The van der Waals surface area contributed by atoms with E-state index in [1.54, 1.807) is 17.3 Å². The number of hydrogen-bond donors (Lipinski definition) is 0. The highest BCUT2D eigenvalue weighted by Gasteiger charge is 2.07. The van der Waals surface area contributed by atoms with E-state index >= 15 is 0 Å². The Kier molecular flexibility index (Phi) is 1.94. The number of hydrogen-bond acceptors (Lipinski definition) is 3. The average Bonchev–Trinajstić information content (AvgIpc) is 2.20. The van der Waals surface area contributed by atoms with Gasteiger partial charge < -0.3 is 0 Å². The van der Waals surface area contributed by atoms with E-state index in [9.17, 15) is 0 Å². The Labute approximate surface area is 76.7 Å². The molecule has 64 valence electrons. The van der Waals surface area contributed by atoms with Crippen LogP contribution in [0.3, 0.4) is 0 Å². The van der Waals surface area contributed by atoms with E-state index in [2.05, 4.69) is 16.0 Å². The number of hydrazone groups is 1. The van der Waals surface area contributed by atoms with Gasteiger partial charge in [-0.25, -0.2) is 9.99 Å². The van der Waals surface area contributed by atoms with Crippen molar-refractivity contribution < 1.29 is 0 Å². The third-order valence-electron chi connectivity index (χ3n) is 1.76. The van der Waals surface area contributed by atoms with Crippen LogP contribution in [0.4, 0.5) is 5.82 Å². The summed E-state index contributed by atoms with van der Waals surface area (Å²) in [5.74, 6) is 3.59. The van der Waals surface area contributed by atoms with Crippen LogP contribution in [-0.4, -0.2) is 10.9 Å². The smallest absolute Gasteiger partial charge is 0.154 e. The molecule has 0 radical (unpaired) electrons. The fraction of sp³-hybridized carbons (Fsp3) is 0.100. The highest BCUT2D eigenvalue weighted by atomic mass is 15.5. The van der Waals surface area contributed by atoms with Crippen molar-refractivity contribution in [3.8, 4) is 0 Å². The third-order valence-corrected chi connectivity index (χ3v) is 1.76. The molecule has 1 aromatic rings. The summed E-state index contributed by atoms with van der Waals surface area (Å²) in [4.78, 5) is 4.19. The van der Waals surface area contributed by atoms with Crippen LogP contribution >= 0.6 is 0 Å². The maximum Gasteiger partial charge on any atom is 0.154 e. The topological polar surface area (TPSA) is 28.5 Å². The van der Waals surface area contributed by atoms with Crippen molar-refractivity contribution in [2.75, 3.05) is 5.01 Å². The largest absolute Gasteiger partial charge is 0.237 e. The SMILES string of the molecule is CC1=CC=C=NN1c1ccccn1. The molecule has 0 aromatic carbocycles. The molecule has 2 heterocycles. The summed E-state index contributed by atoms with van der Waals surface area (Å²) < 4.78 is 0. The first-order chi connectivity index (χ1) is 6.38. The molecule has 0 amide bonds. The molecule has 0 atom stereocenters. The second kappa shape index (κ2) is 3.25. The summed E-state index contributed by atoms with van der Waals surface area (Å²) in [6.07, 6.45) is 5.48. The van der Waals surface area contributed by atoms with Gasteiger partial charge in [-0.1, -0.05) is 6.07 Å². The van der Waals surface area contributed by atoms with Crippen molar-refractivity contribution >= 4 is 11.7 Å². The highest BCUT2D eigenvalue weighted by Crippen LogP contribution is 2.16. The van der Waals surface area contributed by atoms with Gasteiger partial charge >= 0.3 is 0 Å². The minimum atomic E-state index is 0.817. The van der Waals surface area contributed by atoms with Crippen molar-refractivity contribution in [1.82, 2.24) is 4.98 Å². The Morgan fingerprint density at radius 2 is 2.31 bits per heavy atom. The normalized spacial score (nSPS) is 14.5. The zero-order valence-corrected chi connectivity index (χ0v) is 7.31.